The molecule has 82 valence electrons. The van der Waals surface area contributed by atoms with Crippen LogP contribution in [0.3, 0.4) is 0 Å². The molecule has 1 aliphatic heterocycles. The highest BCUT2D eigenvalue weighted by molar-refractivity contribution is 9.10. The van der Waals surface area contributed by atoms with Gasteiger partial charge in [0, 0.05) is 25.1 Å². The molecule has 0 amide bonds. The lowest BCUT2D eigenvalue weighted by atomic mass is 10.1. The molecular weight excluding hydrogens is 278 g/mol. The smallest absolute Gasteiger partial charge is 0.199 e. The minimum atomic E-state index is -0.0737. The summed E-state index contributed by atoms with van der Waals surface area (Å²) in [5, 5.41) is 7.28. The van der Waals surface area contributed by atoms with Gasteiger partial charge in [-0.3, -0.25) is 9.48 Å². The number of aryl methyl sites for hydroxylation is 1. The summed E-state index contributed by atoms with van der Waals surface area (Å²) in [4.78, 5) is 12.1. The second-order valence-electron chi connectivity index (χ2n) is 3.41. The van der Waals surface area contributed by atoms with Crippen molar-refractivity contribution in [3.8, 4) is 0 Å². The minimum Gasteiger partial charge on any atom is -0.306 e. The lowest BCUT2D eigenvalue weighted by Crippen LogP contribution is -2.44. The first kappa shape index (κ1) is 11.2. The van der Waals surface area contributed by atoms with E-state index in [0.29, 0.717) is 5.69 Å². The summed E-state index contributed by atoms with van der Waals surface area (Å²) >= 11 is 5.16. The van der Waals surface area contributed by atoms with Crippen molar-refractivity contribution in [1.82, 2.24) is 15.1 Å². The van der Waals surface area contributed by atoms with Gasteiger partial charge in [-0.25, -0.2) is 0 Å². The third kappa shape index (κ3) is 2.26. The third-order valence-electron chi connectivity index (χ3n) is 2.37. The standard InChI is InChI=1S/C9H12BrN3OS/c1-13-8(6(10)4-12-13)9(14)7-5-15-3-2-11-7/h4,7,11H,2-3,5H2,1H3. The Morgan fingerprint density at radius 3 is 3.13 bits per heavy atom. The van der Waals surface area contributed by atoms with E-state index in [1.54, 1.807) is 17.9 Å². The van der Waals surface area contributed by atoms with Crippen molar-refractivity contribution in [1.29, 1.82) is 0 Å². The predicted molar refractivity (Wildman–Crippen MR) is 64.4 cm³/mol. The number of nitrogens with one attached hydrogen (secondary N) is 1. The molecule has 1 unspecified atom stereocenters. The van der Waals surface area contributed by atoms with E-state index < -0.39 is 0 Å². The van der Waals surface area contributed by atoms with E-state index in [-0.39, 0.29) is 11.8 Å². The predicted octanol–water partition coefficient (Wildman–Crippen LogP) is 1.07. The van der Waals surface area contributed by atoms with Crippen LogP contribution in [-0.4, -0.2) is 39.7 Å². The Morgan fingerprint density at radius 2 is 2.60 bits per heavy atom. The highest BCUT2D eigenvalue weighted by Crippen LogP contribution is 2.19. The van der Waals surface area contributed by atoms with Crippen molar-refractivity contribution in [3.63, 3.8) is 0 Å². The molecule has 0 saturated carbocycles. The lowest BCUT2D eigenvalue weighted by Gasteiger charge is -2.21. The van der Waals surface area contributed by atoms with Gasteiger partial charge in [0.2, 0.25) is 0 Å². The number of aromatic nitrogens is 2. The Labute approximate surface area is 101 Å². The third-order valence-corrected chi connectivity index (χ3v) is 4.01. The van der Waals surface area contributed by atoms with Gasteiger partial charge >= 0.3 is 0 Å². The van der Waals surface area contributed by atoms with E-state index in [1.807, 2.05) is 11.8 Å². The normalized spacial score (nSPS) is 21.6. The fraction of sp³-hybridized carbons (Fsp3) is 0.556. The number of Topliss-reactive ketones (excluding diaryl/α,β-unsaturated/α-hetero) is 1. The second kappa shape index (κ2) is 4.67. The van der Waals surface area contributed by atoms with Crippen LogP contribution < -0.4 is 5.32 Å². The van der Waals surface area contributed by atoms with Gasteiger partial charge in [0.15, 0.2) is 5.78 Å². The van der Waals surface area contributed by atoms with Crippen LogP contribution >= 0.6 is 27.7 Å². The fourth-order valence-electron chi connectivity index (χ4n) is 1.59. The number of hydrogen-bond acceptors (Lipinski definition) is 4. The Bertz CT molecular complexity index is 354. The topological polar surface area (TPSA) is 46.9 Å². The number of rotatable bonds is 2. The van der Waals surface area contributed by atoms with Crippen LogP contribution in [0.1, 0.15) is 10.5 Å². The van der Waals surface area contributed by atoms with E-state index in [4.69, 9.17) is 0 Å². The molecule has 1 N–H and O–H groups in total. The summed E-state index contributed by atoms with van der Waals surface area (Å²) in [5.41, 5.74) is 0.648. The molecule has 1 atom stereocenters. The van der Waals surface area contributed by atoms with Crippen molar-refractivity contribution in [3.05, 3.63) is 16.4 Å². The molecule has 2 heterocycles. The zero-order chi connectivity index (χ0) is 10.8. The van der Waals surface area contributed by atoms with E-state index in [1.165, 1.54) is 0 Å². The van der Waals surface area contributed by atoms with E-state index in [9.17, 15) is 4.79 Å². The molecule has 2 rings (SSSR count). The average molecular weight is 290 g/mol. The van der Waals surface area contributed by atoms with Crippen molar-refractivity contribution >= 4 is 33.5 Å². The SMILES string of the molecule is Cn1ncc(Br)c1C(=O)C1CSCCN1. The molecule has 0 aromatic carbocycles. The van der Waals surface area contributed by atoms with Crippen LogP contribution in [0.2, 0.25) is 0 Å². The molecule has 15 heavy (non-hydrogen) atoms. The highest BCUT2D eigenvalue weighted by atomic mass is 79.9. The zero-order valence-corrected chi connectivity index (χ0v) is 10.8. The van der Waals surface area contributed by atoms with Crippen LogP contribution in [0.15, 0.2) is 10.7 Å². The number of hydrogen-bond donors (Lipinski definition) is 1. The van der Waals surface area contributed by atoms with Gasteiger partial charge in [0.25, 0.3) is 0 Å². The Balaban J connectivity index is 2.19. The first-order valence-electron chi connectivity index (χ1n) is 4.73. The van der Waals surface area contributed by atoms with Gasteiger partial charge in [-0.2, -0.15) is 16.9 Å². The van der Waals surface area contributed by atoms with Gasteiger partial charge in [0.05, 0.1) is 16.7 Å². The molecule has 1 aromatic rings. The molecule has 4 nitrogen and oxygen atoms in total. The number of thioether (sulfide) groups is 1. The first-order chi connectivity index (χ1) is 7.20. The zero-order valence-electron chi connectivity index (χ0n) is 8.36. The van der Waals surface area contributed by atoms with E-state index in [0.717, 1.165) is 22.5 Å². The summed E-state index contributed by atoms with van der Waals surface area (Å²) in [6.45, 7) is 0.899. The lowest BCUT2D eigenvalue weighted by molar-refractivity contribution is 0.0943. The molecule has 1 aliphatic rings. The Kier molecular flexibility index (Phi) is 3.48. The van der Waals surface area contributed by atoms with E-state index in [2.05, 4.69) is 26.3 Å². The number of ketones is 1. The Hall–Kier alpha value is -0.330. The van der Waals surface area contributed by atoms with Crippen molar-refractivity contribution < 1.29 is 4.79 Å². The molecule has 1 saturated heterocycles. The Morgan fingerprint density at radius 1 is 1.80 bits per heavy atom. The van der Waals surface area contributed by atoms with Crippen LogP contribution in [0.5, 0.6) is 0 Å². The number of halogens is 1. The maximum atomic E-state index is 12.1. The maximum Gasteiger partial charge on any atom is 0.199 e. The summed E-state index contributed by atoms with van der Waals surface area (Å²) in [6, 6.07) is -0.0737. The summed E-state index contributed by atoms with van der Waals surface area (Å²) in [6.07, 6.45) is 1.66. The molecule has 0 spiro atoms. The maximum absolute atomic E-state index is 12.1. The molecule has 0 bridgehead atoms. The van der Waals surface area contributed by atoms with Gasteiger partial charge < -0.3 is 5.32 Å². The highest BCUT2D eigenvalue weighted by Gasteiger charge is 2.26. The molecule has 1 fully saturated rings. The molecule has 1 aromatic heterocycles. The number of nitrogens with zero attached hydrogens (tertiary/aromatic N) is 2. The van der Waals surface area contributed by atoms with Crippen molar-refractivity contribution in [2.45, 2.75) is 6.04 Å². The van der Waals surface area contributed by atoms with Gasteiger partial charge in [-0.15, -0.1) is 0 Å². The first-order valence-corrected chi connectivity index (χ1v) is 6.68. The summed E-state index contributed by atoms with van der Waals surface area (Å²) in [7, 11) is 1.79. The van der Waals surface area contributed by atoms with Crippen LogP contribution in [0.4, 0.5) is 0 Å². The molecular formula is C9H12BrN3OS. The summed E-state index contributed by atoms with van der Waals surface area (Å²) in [5.74, 6) is 2.04. The molecule has 0 radical (unpaired) electrons. The van der Waals surface area contributed by atoms with Gasteiger partial charge in [0.1, 0.15) is 5.69 Å². The average Bonchev–Trinajstić information content (AvgIpc) is 2.59. The van der Waals surface area contributed by atoms with Crippen LogP contribution in [0, 0.1) is 0 Å². The van der Waals surface area contributed by atoms with Gasteiger partial charge in [-0.1, -0.05) is 0 Å². The number of carbonyl (C=O) groups excluding carboxylic acids is 1. The van der Waals surface area contributed by atoms with E-state index >= 15 is 0 Å². The minimum absolute atomic E-state index is 0.0737. The van der Waals surface area contributed by atoms with Crippen LogP contribution in [-0.2, 0) is 7.05 Å². The van der Waals surface area contributed by atoms with Gasteiger partial charge in [-0.05, 0) is 15.9 Å². The fourth-order valence-corrected chi connectivity index (χ4v) is 3.06. The van der Waals surface area contributed by atoms with Crippen molar-refractivity contribution in [2.24, 2.45) is 7.05 Å². The van der Waals surface area contributed by atoms with Crippen molar-refractivity contribution in [2.75, 3.05) is 18.1 Å². The summed E-state index contributed by atoms with van der Waals surface area (Å²) < 4.78 is 2.39. The largest absolute Gasteiger partial charge is 0.306 e. The quantitative estimate of drug-likeness (QED) is 0.828. The second-order valence-corrected chi connectivity index (χ2v) is 5.41. The number of carbonyl (C=O) groups is 1. The monoisotopic (exact) mass is 289 g/mol. The molecule has 6 heteroatoms. The van der Waals surface area contributed by atoms with Crippen LogP contribution in [0.25, 0.3) is 0 Å². The molecule has 0 aliphatic carbocycles.